The molecule has 1 aromatic heterocycles. The SMILES string of the molecule is Cc1cc(-c2cc(Cl)cc(Cl)c2)c2c(n1)C(=O)CCC2. The Morgan fingerprint density at radius 3 is 2.45 bits per heavy atom. The van der Waals surface area contributed by atoms with Gasteiger partial charge in [0.1, 0.15) is 5.69 Å². The Morgan fingerprint density at radius 1 is 1.05 bits per heavy atom. The van der Waals surface area contributed by atoms with Gasteiger partial charge in [-0.1, -0.05) is 23.2 Å². The molecule has 0 amide bonds. The summed E-state index contributed by atoms with van der Waals surface area (Å²) in [5.41, 5.74) is 4.43. The van der Waals surface area contributed by atoms with E-state index in [0.29, 0.717) is 22.2 Å². The molecule has 4 heteroatoms. The lowest BCUT2D eigenvalue weighted by atomic mass is 9.88. The third-order valence-corrected chi connectivity index (χ3v) is 3.96. The molecule has 0 saturated heterocycles. The van der Waals surface area contributed by atoms with Crippen LogP contribution in [0.3, 0.4) is 0 Å². The van der Waals surface area contributed by atoms with Crippen molar-refractivity contribution in [1.29, 1.82) is 0 Å². The fourth-order valence-corrected chi connectivity index (χ4v) is 3.22. The van der Waals surface area contributed by atoms with Crippen molar-refractivity contribution in [3.63, 3.8) is 0 Å². The summed E-state index contributed by atoms with van der Waals surface area (Å²) in [6.45, 7) is 1.90. The van der Waals surface area contributed by atoms with E-state index in [9.17, 15) is 4.79 Å². The van der Waals surface area contributed by atoms with Crippen LogP contribution in [0.4, 0.5) is 0 Å². The van der Waals surface area contributed by atoms with E-state index in [4.69, 9.17) is 23.2 Å². The lowest BCUT2D eigenvalue weighted by Gasteiger charge is -2.19. The standard InChI is InChI=1S/C16H13Cl2NO/c1-9-5-14(10-6-11(17)8-12(18)7-10)13-3-2-4-15(20)16(13)19-9/h5-8H,2-4H2,1H3. The maximum atomic E-state index is 12.0. The second kappa shape index (κ2) is 5.19. The predicted octanol–water partition coefficient (Wildman–Crippen LogP) is 4.88. The highest BCUT2D eigenvalue weighted by Gasteiger charge is 2.22. The van der Waals surface area contributed by atoms with E-state index in [2.05, 4.69) is 4.98 Å². The first-order valence-corrected chi connectivity index (χ1v) is 7.30. The summed E-state index contributed by atoms with van der Waals surface area (Å²) in [6, 6.07) is 7.46. The van der Waals surface area contributed by atoms with Crippen LogP contribution in [0.5, 0.6) is 0 Å². The average molecular weight is 306 g/mol. The number of fused-ring (bicyclic) bond motifs is 1. The van der Waals surface area contributed by atoms with Crippen LogP contribution < -0.4 is 0 Å². The lowest BCUT2D eigenvalue weighted by Crippen LogP contribution is -2.15. The number of ketones is 1. The number of aryl methyl sites for hydroxylation is 1. The van der Waals surface area contributed by atoms with E-state index in [0.717, 1.165) is 35.2 Å². The Kier molecular flexibility index (Phi) is 3.53. The van der Waals surface area contributed by atoms with Gasteiger partial charge in [-0.25, -0.2) is 4.98 Å². The second-order valence-electron chi connectivity index (χ2n) is 5.07. The zero-order valence-corrected chi connectivity index (χ0v) is 12.6. The summed E-state index contributed by atoms with van der Waals surface area (Å²) >= 11 is 12.2. The van der Waals surface area contributed by atoms with Crippen LogP contribution in [-0.4, -0.2) is 10.8 Å². The first-order valence-electron chi connectivity index (χ1n) is 6.55. The number of nitrogens with zero attached hydrogens (tertiary/aromatic N) is 1. The van der Waals surface area contributed by atoms with E-state index in [1.165, 1.54) is 0 Å². The van der Waals surface area contributed by atoms with E-state index >= 15 is 0 Å². The molecule has 0 N–H and O–H groups in total. The minimum absolute atomic E-state index is 0.129. The summed E-state index contributed by atoms with van der Waals surface area (Å²) in [5, 5.41) is 1.19. The Labute approximate surface area is 127 Å². The number of aromatic nitrogens is 1. The number of halogens is 2. The van der Waals surface area contributed by atoms with Crippen LogP contribution in [-0.2, 0) is 6.42 Å². The van der Waals surface area contributed by atoms with Crippen LogP contribution >= 0.6 is 23.2 Å². The molecule has 2 aromatic rings. The van der Waals surface area contributed by atoms with Crippen molar-refractivity contribution in [2.24, 2.45) is 0 Å². The Hall–Kier alpha value is -1.38. The van der Waals surface area contributed by atoms with Gasteiger partial charge >= 0.3 is 0 Å². The molecule has 0 spiro atoms. The van der Waals surface area contributed by atoms with Gasteiger partial charge in [-0.15, -0.1) is 0 Å². The van der Waals surface area contributed by atoms with Crippen molar-refractivity contribution in [1.82, 2.24) is 4.98 Å². The number of benzene rings is 1. The molecule has 2 nitrogen and oxygen atoms in total. The minimum atomic E-state index is 0.129. The van der Waals surface area contributed by atoms with E-state index in [1.807, 2.05) is 25.1 Å². The number of carbonyl (C=O) groups is 1. The molecule has 0 fully saturated rings. The van der Waals surface area contributed by atoms with Gasteiger partial charge in [-0.05, 0) is 60.7 Å². The van der Waals surface area contributed by atoms with Crippen LogP contribution in [0.15, 0.2) is 24.3 Å². The van der Waals surface area contributed by atoms with Gasteiger partial charge in [0.2, 0.25) is 0 Å². The molecule has 0 saturated carbocycles. The molecule has 0 aliphatic heterocycles. The van der Waals surface area contributed by atoms with Crippen molar-refractivity contribution in [3.05, 3.63) is 51.3 Å². The summed E-state index contributed by atoms with van der Waals surface area (Å²) < 4.78 is 0. The normalized spacial score (nSPS) is 14.2. The predicted molar refractivity (Wildman–Crippen MR) is 81.7 cm³/mol. The topological polar surface area (TPSA) is 30.0 Å². The van der Waals surface area contributed by atoms with Gasteiger partial charge in [0, 0.05) is 22.2 Å². The summed E-state index contributed by atoms with van der Waals surface area (Å²) in [4.78, 5) is 16.5. The third kappa shape index (κ3) is 2.46. The molecule has 1 aliphatic rings. The number of rotatable bonds is 1. The number of hydrogen-bond acceptors (Lipinski definition) is 2. The van der Waals surface area contributed by atoms with Crippen molar-refractivity contribution in [2.75, 3.05) is 0 Å². The van der Waals surface area contributed by atoms with Gasteiger partial charge in [0.05, 0.1) is 0 Å². The van der Waals surface area contributed by atoms with E-state index in [-0.39, 0.29) is 5.78 Å². The zero-order chi connectivity index (χ0) is 14.3. The molecule has 0 radical (unpaired) electrons. The molecule has 0 atom stereocenters. The van der Waals surface area contributed by atoms with Gasteiger partial charge < -0.3 is 0 Å². The highest BCUT2D eigenvalue weighted by Crippen LogP contribution is 2.34. The Bertz CT molecular complexity index is 690. The van der Waals surface area contributed by atoms with Crippen molar-refractivity contribution >= 4 is 29.0 Å². The summed E-state index contributed by atoms with van der Waals surface area (Å²) in [5.74, 6) is 0.129. The minimum Gasteiger partial charge on any atom is -0.292 e. The molecule has 1 aliphatic carbocycles. The molecular formula is C16H13Cl2NO. The van der Waals surface area contributed by atoms with E-state index in [1.54, 1.807) is 6.07 Å². The largest absolute Gasteiger partial charge is 0.292 e. The molecule has 1 heterocycles. The van der Waals surface area contributed by atoms with Crippen LogP contribution in [0.2, 0.25) is 10.0 Å². The highest BCUT2D eigenvalue weighted by molar-refractivity contribution is 6.35. The van der Waals surface area contributed by atoms with Crippen LogP contribution in [0, 0.1) is 6.92 Å². The maximum absolute atomic E-state index is 12.0. The Balaban J connectivity index is 2.25. The van der Waals surface area contributed by atoms with Crippen molar-refractivity contribution in [3.8, 4) is 11.1 Å². The average Bonchev–Trinajstić information content (AvgIpc) is 2.38. The summed E-state index contributed by atoms with van der Waals surface area (Å²) in [7, 11) is 0. The monoisotopic (exact) mass is 305 g/mol. The number of carbonyl (C=O) groups excluding carboxylic acids is 1. The molecule has 102 valence electrons. The van der Waals surface area contributed by atoms with Gasteiger partial charge in [0.25, 0.3) is 0 Å². The van der Waals surface area contributed by atoms with Crippen LogP contribution in [0.25, 0.3) is 11.1 Å². The van der Waals surface area contributed by atoms with Gasteiger partial charge in [-0.2, -0.15) is 0 Å². The third-order valence-electron chi connectivity index (χ3n) is 3.52. The Morgan fingerprint density at radius 2 is 1.75 bits per heavy atom. The smallest absolute Gasteiger partial charge is 0.181 e. The molecule has 1 aromatic carbocycles. The highest BCUT2D eigenvalue weighted by atomic mass is 35.5. The molecular weight excluding hydrogens is 293 g/mol. The quantitative estimate of drug-likeness (QED) is 0.751. The first-order chi connectivity index (χ1) is 9.54. The lowest BCUT2D eigenvalue weighted by molar-refractivity contribution is 0.0967. The van der Waals surface area contributed by atoms with E-state index < -0.39 is 0 Å². The second-order valence-corrected chi connectivity index (χ2v) is 5.95. The van der Waals surface area contributed by atoms with Crippen molar-refractivity contribution in [2.45, 2.75) is 26.2 Å². The zero-order valence-electron chi connectivity index (χ0n) is 11.0. The number of hydrogen-bond donors (Lipinski definition) is 0. The molecule has 0 bridgehead atoms. The first kappa shape index (κ1) is 13.6. The van der Waals surface area contributed by atoms with Crippen LogP contribution in [0.1, 0.15) is 34.6 Å². The molecule has 20 heavy (non-hydrogen) atoms. The van der Waals surface area contributed by atoms with Gasteiger partial charge in [0.15, 0.2) is 5.78 Å². The number of Topliss-reactive ketones (excluding diaryl/α,β-unsaturated/α-hetero) is 1. The molecule has 3 rings (SSSR count). The number of pyridine rings is 1. The fourth-order valence-electron chi connectivity index (χ4n) is 2.69. The van der Waals surface area contributed by atoms with Gasteiger partial charge in [-0.3, -0.25) is 4.79 Å². The summed E-state index contributed by atoms with van der Waals surface area (Å²) in [6.07, 6.45) is 2.32. The maximum Gasteiger partial charge on any atom is 0.181 e. The van der Waals surface area contributed by atoms with Crippen molar-refractivity contribution < 1.29 is 4.79 Å². The molecule has 0 unspecified atom stereocenters. The fraction of sp³-hybridized carbons (Fsp3) is 0.250.